The number of imidazole rings is 1. The number of hydrogen-bond acceptors (Lipinski definition) is 2. The molecular weight excluding hydrogens is 246 g/mol. The highest BCUT2D eigenvalue weighted by Crippen LogP contribution is 2.17. The van der Waals surface area contributed by atoms with E-state index in [4.69, 9.17) is 11.6 Å². The summed E-state index contributed by atoms with van der Waals surface area (Å²) in [4.78, 5) is 4.29. The average Bonchev–Trinajstić information content (AvgIpc) is 2.73. The Balaban J connectivity index is 1.80. The van der Waals surface area contributed by atoms with Crippen LogP contribution in [0.1, 0.15) is 17.0 Å². The number of nitrogens with zero attached hydrogens (tertiary/aromatic N) is 2. The van der Waals surface area contributed by atoms with Crippen LogP contribution in [0.15, 0.2) is 30.6 Å². The van der Waals surface area contributed by atoms with Crippen LogP contribution in [0.2, 0.25) is 5.02 Å². The predicted molar refractivity (Wildman–Crippen MR) is 74.8 cm³/mol. The molecule has 0 atom stereocenters. The molecule has 0 aliphatic heterocycles. The van der Waals surface area contributed by atoms with Crippen molar-refractivity contribution in [2.75, 3.05) is 6.54 Å². The van der Waals surface area contributed by atoms with Gasteiger partial charge in [0.15, 0.2) is 0 Å². The van der Waals surface area contributed by atoms with E-state index in [9.17, 15) is 0 Å². The second kappa shape index (κ2) is 6.03. The minimum absolute atomic E-state index is 0.795. The Morgan fingerprint density at radius 1 is 1.39 bits per heavy atom. The van der Waals surface area contributed by atoms with Crippen LogP contribution in [0.25, 0.3) is 0 Å². The molecule has 4 heteroatoms. The summed E-state index contributed by atoms with van der Waals surface area (Å²) in [6, 6.07) is 6.16. The minimum Gasteiger partial charge on any atom is -0.338 e. The molecule has 0 aliphatic rings. The van der Waals surface area contributed by atoms with Crippen LogP contribution < -0.4 is 5.32 Å². The van der Waals surface area contributed by atoms with Gasteiger partial charge in [-0.15, -0.1) is 0 Å². The lowest BCUT2D eigenvalue weighted by Crippen LogP contribution is -2.18. The van der Waals surface area contributed by atoms with Crippen molar-refractivity contribution >= 4 is 11.6 Å². The van der Waals surface area contributed by atoms with E-state index in [-0.39, 0.29) is 0 Å². The quantitative estimate of drug-likeness (QED) is 0.841. The van der Waals surface area contributed by atoms with Crippen molar-refractivity contribution < 1.29 is 0 Å². The molecule has 2 rings (SSSR count). The van der Waals surface area contributed by atoms with Crippen molar-refractivity contribution in [2.24, 2.45) is 7.05 Å². The third-order valence-electron chi connectivity index (χ3n) is 2.97. The van der Waals surface area contributed by atoms with Crippen LogP contribution in [-0.2, 0) is 20.0 Å². The number of halogens is 1. The Morgan fingerprint density at radius 3 is 2.89 bits per heavy atom. The van der Waals surface area contributed by atoms with E-state index in [2.05, 4.69) is 22.4 Å². The highest BCUT2D eigenvalue weighted by Gasteiger charge is 2.01. The Bertz CT molecular complexity index is 520. The fraction of sp³-hybridized carbons (Fsp3) is 0.357. The van der Waals surface area contributed by atoms with E-state index < -0.39 is 0 Å². The zero-order chi connectivity index (χ0) is 13.0. The summed E-state index contributed by atoms with van der Waals surface area (Å²) in [5, 5.41) is 4.22. The summed E-state index contributed by atoms with van der Waals surface area (Å²) < 4.78 is 2.04. The molecule has 1 aromatic carbocycles. The summed E-state index contributed by atoms with van der Waals surface area (Å²) in [7, 11) is 2.01. The van der Waals surface area contributed by atoms with Gasteiger partial charge in [-0.1, -0.05) is 23.7 Å². The van der Waals surface area contributed by atoms with Gasteiger partial charge in [-0.25, -0.2) is 4.98 Å². The van der Waals surface area contributed by atoms with Crippen LogP contribution in [0.4, 0.5) is 0 Å². The van der Waals surface area contributed by atoms with E-state index in [0.717, 1.165) is 35.9 Å². The lowest BCUT2D eigenvalue weighted by atomic mass is 10.1. The van der Waals surface area contributed by atoms with Gasteiger partial charge < -0.3 is 9.88 Å². The number of aromatic nitrogens is 2. The van der Waals surface area contributed by atoms with Crippen molar-refractivity contribution in [1.29, 1.82) is 0 Å². The number of hydrogen-bond donors (Lipinski definition) is 1. The molecule has 2 aromatic rings. The summed E-state index contributed by atoms with van der Waals surface area (Å²) in [5.41, 5.74) is 2.33. The average molecular weight is 264 g/mol. The maximum absolute atomic E-state index is 6.18. The first kappa shape index (κ1) is 13.1. The van der Waals surface area contributed by atoms with Gasteiger partial charge in [0.05, 0.1) is 0 Å². The van der Waals surface area contributed by atoms with Gasteiger partial charge in [0.25, 0.3) is 0 Å². The highest BCUT2D eigenvalue weighted by molar-refractivity contribution is 6.31. The first-order valence-electron chi connectivity index (χ1n) is 6.09. The Labute approximate surface area is 113 Å². The van der Waals surface area contributed by atoms with Gasteiger partial charge in [0, 0.05) is 44.0 Å². The van der Waals surface area contributed by atoms with Gasteiger partial charge in [0.2, 0.25) is 0 Å². The Morgan fingerprint density at radius 2 is 2.22 bits per heavy atom. The largest absolute Gasteiger partial charge is 0.338 e. The fourth-order valence-corrected chi connectivity index (χ4v) is 2.16. The zero-order valence-electron chi connectivity index (χ0n) is 10.8. The number of benzene rings is 1. The molecule has 0 aliphatic carbocycles. The molecule has 0 fully saturated rings. The number of aryl methyl sites for hydroxylation is 2. The van der Waals surface area contributed by atoms with Crippen LogP contribution in [0.5, 0.6) is 0 Å². The van der Waals surface area contributed by atoms with Gasteiger partial charge in [-0.2, -0.15) is 0 Å². The summed E-state index contributed by atoms with van der Waals surface area (Å²) >= 11 is 6.18. The Kier molecular flexibility index (Phi) is 4.39. The number of rotatable bonds is 5. The molecule has 0 amide bonds. The van der Waals surface area contributed by atoms with Crippen molar-refractivity contribution in [2.45, 2.75) is 19.9 Å². The maximum Gasteiger partial charge on any atom is 0.109 e. The second-order valence-electron chi connectivity index (χ2n) is 4.48. The third-order valence-corrected chi connectivity index (χ3v) is 3.32. The van der Waals surface area contributed by atoms with Gasteiger partial charge in [-0.3, -0.25) is 0 Å². The molecule has 18 heavy (non-hydrogen) atoms. The van der Waals surface area contributed by atoms with Gasteiger partial charge >= 0.3 is 0 Å². The van der Waals surface area contributed by atoms with Crippen LogP contribution >= 0.6 is 11.6 Å². The third kappa shape index (κ3) is 3.34. The molecule has 0 unspecified atom stereocenters. The molecule has 0 saturated carbocycles. The molecule has 1 N–H and O–H groups in total. The smallest absolute Gasteiger partial charge is 0.109 e. The van der Waals surface area contributed by atoms with Crippen LogP contribution in [0.3, 0.4) is 0 Å². The van der Waals surface area contributed by atoms with Crippen molar-refractivity contribution in [3.05, 3.63) is 52.6 Å². The van der Waals surface area contributed by atoms with E-state index >= 15 is 0 Å². The molecular formula is C14H18ClN3. The van der Waals surface area contributed by atoms with Gasteiger partial charge in [0.1, 0.15) is 5.82 Å². The van der Waals surface area contributed by atoms with E-state index in [1.807, 2.05) is 37.0 Å². The maximum atomic E-state index is 6.18. The lowest BCUT2D eigenvalue weighted by Gasteiger charge is -2.07. The van der Waals surface area contributed by atoms with Crippen molar-refractivity contribution in [1.82, 2.24) is 14.9 Å². The predicted octanol–water partition coefficient (Wildman–Crippen LogP) is 2.71. The van der Waals surface area contributed by atoms with Gasteiger partial charge in [-0.05, 0) is 24.1 Å². The normalized spacial score (nSPS) is 10.8. The molecule has 0 saturated heterocycles. The van der Waals surface area contributed by atoms with E-state index in [0.29, 0.717) is 0 Å². The molecule has 0 bridgehead atoms. The molecule has 3 nitrogen and oxygen atoms in total. The molecule has 0 spiro atoms. The minimum atomic E-state index is 0.795. The van der Waals surface area contributed by atoms with Crippen molar-refractivity contribution in [3.8, 4) is 0 Å². The SMILES string of the molecule is Cc1ccc(CNCCc2nccn2C)c(Cl)c1. The van der Waals surface area contributed by atoms with E-state index in [1.165, 1.54) is 5.56 Å². The summed E-state index contributed by atoms with van der Waals surface area (Å²) in [6.45, 7) is 3.74. The molecule has 96 valence electrons. The second-order valence-corrected chi connectivity index (χ2v) is 4.88. The highest BCUT2D eigenvalue weighted by atomic mass is 35.5. The first-order valence-corrected chi connectivity index (χ1v) is 6.46. The summed E-state index contributed by atoms with van der Waals surface area (Å²) in [5.74, 6) is 1.09. The lowest BCUT2D eigenvalue weighted by molar-refractivity contribution is 0.655. The molecule has 1 aromatic heterocycles. The number of nitrogens with one attached hydrogen (secondary N) is 1. The zero-order valence-corrected chi connectivity index (χ0v) is 11.5. The molecule has 0 radical (unpaired) electrons. The fourth-order valence-electron chi connectivity index (χ4n) is 1.86. The topological polar surface area (TPSA) is 29.9 Å². The monoisotopic (exact) mass is 263 g/mol. The first-order chi connectivity index (χ1) is 8.66. The standard InChI is InChI=1S/C14H18ClN3/c1-11-3-4-12(13(15)9-11)10-16-6-5-14-17-7-8-18(14)2/h3-4,7-9,16H,5-6,10H2,1-2H3. The van der Waals surface area contributed by atoms with Crippen LogP contribution in [-0.4, -0.2) is 16.1 Å². The van der Waals surface area contributed by atoms with E-state index in [1.54, 1.807) is 0 Å². The van der Waals surface area contributed by atoms with Crippen molar-refractivity contribution in [3.63, 3.8) is 0 Å². The Hall–Kier alpha value is -1.32. The summed E-state index contributed by atoms with van der Waals surface area (Å²) in [6.07, 6.45) is 4.71. The van der Waals surface area contributed by atoms with Crippen LogP contribution in [0, 0.1) is 6.92 Å². The molecule has 1 heterocycles.